The fourth-order valence-corrected chi connectivity index (χ4v) is 7.37. The van der Waals surface area contributed by atoms with Crippen molar-refractivity contribution < 1.29 is 30.0 Å². The number of alkyl halides is 3. The lowest BCUT2D eigenvalue weighted by molar-refractivity contribution is -0.121. The number of hydrogen-bond acceptors (Lipinski definition) is 5. The molecule has 2 N–H and O–H groups in total. The van der Waals surface area contributed by atoms with Crippen LogP contribution < -0.4 is 10.2 Å². The fourth-order valence-electron chi connectivity index (χ4n) is 0.839. The second-order valence-corrected chi connectivity index (χ2v) is 8.87. The number of rotatable bonds is 3. The number of nitrogens with one attached hydrogen (secondary N) is 2. The Labute approximate surface area is 97.5 Å². The molecule has 15 heteroatoms. The Morgan fingerprint density at radius 2 is 1.50 bits per heavy atom. The van der Waals surface area contributed by atoms with Crippen LogP contribution in [0, 0.1) is 0 Å². The van der Waals surface area contributed by atoms with Crippen LogP contribution in [0.15, 0.2) is 13.5 Å². The third-order valence-corrected chi connectivity index (χ3v) is 8.10. The second kappa shape index (κ2) is 4.90. The van der Waals surface area contributed by atoms with E-state index in [0.29, 0.717) is 0 Å². The first-order valence-electron chi connectivity index (χ1n) is 4.10. The van der Waals surface area contributed by atoms with E-state index < -0.39 is 35.9 Å². The largest absolute Gasteiger partial charge is 0.423 e. The van der Waals surface area contributed by atoms with Gasteiger partial charge in [-0.1, -0.05) is 0 Å². The van der Waals surface area contributed by atoms with Crippen LogP contribution in [0.3, 0.4) is 0 Å². The van der Waals surface area contributed by atoms with Gasteiger partial charge in [-0.15, -0.1) is 17.4 Å². The van der Waals surface area contributed by atoms with Gasteiger partial charge in [-0.05, 0) is 7.05 Å². The zero-order chi connectivity index (χ0) is 14.2. The highest BCUT2D eigenvalue weighted by Crippen LogP contribution is 2.78. The topological polar surface area (TPSA) is 61.1 Å². The molecule has 0 aliphatic carbocycles. The van der Waals surface area contributed by atoms with Crippen LogP contribution in [-0.4, -0.2) is 19.8 Å². The number of halogens is 7. The van der Waals surface area contributed by atoms with E-state index in [0.717, 1.165) is 12.1 Å². The minimum Gasteiger partial charge on any atom is -0.243 e. The molecule has 0 radical (unpaired) electrons. The second-order valence-electron chi connectivity index (χ2n) is 2.95. The van der Waals surface area contributed by atoms with Gasteiger partial charge >= 0.3 is 29.3 Å². The summed E-state index contributed by atoms with van der Waals surface area (Å²) in [7, 11) is -14.6. The first kappa shape index (κ1) is 16.2. The zero-order valence-electron chi connectivity index (χ0n) is 8.54. The van der Waals surface area contributed by atoms with E-state index in [-0.39, 0.29) is 0 Å². The summed E-state index contributed by atoms with van der Waals surface area (Å²) in [6.45, 7) is -1.94. The van der Waals surface area contributed by atoms with Crippen LogP contribution in [0.5, 0.6) is 0 Å². The molecule has 18 heavy (non-hydrogen) atoms. The molecular weight excluding hydrogens is 332 g/mol. The van der Waals surface area contributed by atoms with Crippen molar-refractivity contribution in [2.75, 3.05) is 13.6 Å². The summed E-state index contributed by atoms with van der Waals surface area (Å²) < 4.78 is 95.8. The third kappa shape index (κ3) is 4.66. The summed E-state index contributed by atoms with van der Waals surface area (Å²) in [5.41, 5.74) is 0. The number of nitrogens with zero attached hydrogens (tertiary/aromatic N) is 3. The van der Waals surface area contributed by atoms with Crippen LogP contribution in [-0.2, 0) is 0 Å². The van der Waals surface area contributed by atoms with E-state index in [2.05, 4.69) is 13.5 Å². The van der Waals surface area contributed by atoms with E-state index in [1.54, 1.807) is 5.09 Å². The van der Waals surface area contributed by atoms with Crippen molar-refractivity contribution in [3.05, 3.63) is 0 Å². The Morgan fingerprint density at radius 1 is 0.944 bits per heavy atom. The Morgan fingerprint density at radius 3 is 1.94 bits per heavy atom. The fraction of sp³-hybridized carbons (Fsp3) is 1.00. The molecular formula is C3H7F7N5P3. The van der Waals surface area contributed by atoms with Crippen LogP contribution in [0.2, 0.25) is 0 Å². The van der Waals surface area contributed by atoms with Crippen LogP contribution in [0.25, 0.3) is 0 Å². The van der Waals surface area contributed by atoms with E-state index in [1.165, 1.54) is 0 Å². The molecule has 0 spiro atoms. The average molecular weight is 339 g/mol. The molecule has 108 valence electrons. The van der Waals surface area contributed by atoms with Gasteiger partial charge < -0.3 is 0 Å². The van der Waals surface area contributed by atoms with Crippen molar-refractivity contribution in [2.24, 2.45) is 13.5 Å². The molecule has 2 unspecified atom stereocenters. The molecule has 0 saturated heterocycles. The van der Waals surface area contributed by atoms with Crippen LogP contribution in [0.4, 0.5) is 30.0 Å². The molecule has 0 bridgehead atoms. The van der Waals surface area contributed by atoms with Crippen LogP contribution >= 0.6 is 23.2 Å². The molecule has 1 aliphatic rings. The predicted molar refractivity (Wildman–Crippen MR) is 55.6 cm³/mol. The van der Waals surface area contributed by atoms with E-state index in [4.69, 9.17) is 0 Å². The maximum absolute atomic E-state index is 13.7. The van der Waals surface area contributed by atoms with E-state index in [9.17, 15) is 30.0 Å². The summed E-state index contributed by atoms with van der Waals surface area (Å²) in [6, 6.07) is 0. The molecule has 0 fully saturated rings. The Hall–Kier alpha value is 0.120. The minimum atomic E-state index is -5.67. The summed E-state index contributed by atoms with van der Waals surface area (Å²) in [6.07, 6.45) is -4.86. The van der Waals surface area contributed by atoms with Gasteiger partial charge in [0.05, 0.1) is 0 Å². The molecule has 0 aromatic carbocycles. The summed E-state index contributed by atoms with van der Waals surface area (Å²) in [4.78, 5) is 0. The molecule has 1 rings (SSSR count). The van der Waals surface area contributed by atoms with Gasteiger partial charge in [0.2, 0.25) is 0 Å². The first-order valence-corrected chi connectivity index (χ1v) is 8.74. The van der Waals surface area contributed by atoms with E-state index in [1.807, 2.05) is 0 Å². The van der Waals surface area contributed by atoms with Crippen molar-refractivity contribution in [1.82, 2.24) is 10.2 Å². The smallest absolute Gasteiger partial charge is 0.243 e. The molecule has 2 atom stereocenters. The SMILES string of the molecule is CNP1(F)=NP(F)(NCC(F)(F)F)=NP(F)(F)=N1. The van der Waals surface area contributed by atoms with E-state index >= 15 is 0 Å². The highest BCUT2D eigenvalue weighted by Gasteiger charge is 2.40. The van der Waals surface area contributed by atoms with Crippen molar-refractivity contribution in [1.29, 1.82) is 0 Å². The maximum atomic E-state index is 13.7. The summed E-state index contributed by atoms with van der Waals surface area (Å²) >= 11 is 0. The third-order valence-electron chi connectivity index (χ3n) is 1.45. The summed E-state index contributed by atoms with van der Waals surface area (Å²) in [5, 5.41) is 2.76. The molecule has 0 aromatic rings. The number of hydrogen-bond donors (Lipinski definition) is 2. The quantitative estimate of drug-likeness (QED) is 0.556. The lowest BCUT2D eigenvalue weighted by Crippen LogP contribution is -2.25. The maximum Gasteiger partial charge on any atom is 0.423 e. The Balaban J connectivity index is 3.17. The van der Waals surface area contributed by atoms with Crippen molar-refractivity contribution in [3.8, 4) is 0 Å². The van der Waals surface area contributed by atoms with Gasteiger partial charge in [0, 0.05) is 0 Å². The lowest BCUT2D eigenvalue weighted by Gasteiger charge is -2.21. The van der Waals surface area contributed by atoms with Gasteiger partial charge in [0.15, 0.2) is 0 Å². The molecule has 0 saturated carbocycles. The lowest BCUT2D eigenvalue weighted by atomic mass is 10.7. The molecule has 0 amide bonds. The van der Waals surface area contributed by atoms with Gasteiger partial charge in [0.1, 0.15) is 6.54 Å². The predicted octanol–water partition coefficient (Wildman–Crippen LogP) is 5.09. The Kier molecular flexibility index (Phi) is 4.41. The minimum absolute atomic E-state index is 0.861. The molecule has 0 aromatic heterocycles. The van der Waals surface area contributed by atoms with Gasteiger partial charge in [0.25, 0.3) is 0 Å². The van der Waals surface area contributed by atoms with Crippen molar-refractivity contribution in [3.63, 3.8) is 0 Å². The summed E-state index contributed by atoms with van der Waals surface area (Å²) in [5.74, 6) is 0. The highest BCUT2D eigenvalue weighted by atomic mass is 31.3. The monoisotopic (exact) mass is 339 g/mol. The first-order chi connectivity index (χ1) is 7.89. The van der Waals surface area contributed by atoms with Gasteiger partial charge in [-0.3, -0.25) is 0 Å². The van der Waals surface area contributed by atoms with Crippen molar-refractivity contribution >= 4 is 23.2 Å². The standard InChI is InChI=1S/C3H7F7N5P3/c1-11-17(9)13-16(7,8)14-18(10,15-17)12-2-3(4,5)6/h11-12H,2H2,1H3. The van der Waals surface area contributed by atoms with Gasteiger partial charge in [-0.2, -0.15) is 26.1 Å². The van der Waals surface area contributed by atoms with Crippen LogP contribution in [0.1, 0.15) is 0 Å². The molecule has 1 aliphatic heterocycles. The zero-order valence-corrected chi connectivity index (χ0v) is 11.2. The molecule has 1 heterocycles. The van der Waals surface area contributed by atoms with Gasteiger partial charge in [-0.25, -0.2) is 10.2 Å². The van der Waals surface area contributed by atoms with Crippen molar-refractivity contribution in [2.45, 2.75) is 6.18 Å². The average Bonchev–Trinajstić information content (AvgIpc) is 2.10. The highest BCUT2D eigenvalue weighted by molar-refractivity contribution is 7.79. The Bertz CT molecular complexity index is 489. The normalized spacial score (nSPS) is 35.3. The molecule has 5 nitrogen and oxygen atoms in total.